The molecule has 0 radical (unpaired) electrons. The summed E-state index contributed by atoms with van der Waals surface area (Å²) in [6.45, 7) is 2.53. The normalized spacial score (nSPS) is 27.6. The van der Waals surface area contributed by atoms with E-state index in [2.05, 4.69) is 31.2 Å². The molecule has 0 aromatic heterocycles. The number of carbonyl (C=O) groups excluding carboxylic acids is 1. The molecule has 21 heavy (non-hydrogen) atoms. The zero-order valence-corrected chi connectivity index (χ0v) is 14.1. The van der Waals surface area contributed by atoms with E-state index in [4.69, 9.17) is 9.47 Å². The van der Waals surface area contributed by atoms with Crippen LogP contribution < -0.4 is 0 Å². The molecule has 2 bridgehead atoms. The molecule has 0 aliphatic carbocycles. The summed E-state index contributed by atoms with van der Waals surface area (Å²) in [6.07, 6.45) is 4.86. The standard InChI is InChI=1S/C16H21O3PS/c1-13-2-4-14(5-3-13)21-11-8-18-15(17)16-6-9-20(10-7-16)12-19-16/h2-5H,6-12H2,1H3. The Morgan fingerprint density at radius 1 is 1.33 bits per heavy atom. The Bertz CT molecular complexity index is 481. The molecule has 3 aliphatic rings. The highest BCUT2D eigenvalue weighted by atomic mass is 32.2. The van der Waals surface area contributed by atoms with Crippen molar-refractivity contribution in [3.05, 3.63) is 29.8 Å². The van der Waals surface area contributed by atoms with Crippen molar-refractivity contribution in [2.24, 2.45) is 0 Å². The van der Waals surface area contributed by atoms with E-state index in [1.807, 2.05) is 0 Å². The monoisotopic (exact) mass is 324 g/mol. The van der Waals surface area contributed by atoms with E-state index in [0.717, 1.165) is 24.9 Å². The van der Waals surface area contributed by atoms with Gasteiger partial charge in [-0.25, -0.2) is 4.79 Å². The second kappa shape index (κ2) is 6.68. The number of fused-ring (bicyclic) bond motifs is 3. The molecule has 3 aliphatic heterocycles. The SMILES string of the molecule is Cc1ccc(SCCOC(=O)C23CCP(CC2)CO3)cc1. The Kier molecular flexibility index (Phi) is 4.88. The molecule has 0 atom stereocenters. The molecular formula is C16H21O3PS. The van der Waals surface area contributed by atoms with E-state index in [9.17, 15) is 4.79 Å². The van der Waals surface area contributed by atoms with Crippen LogP contribution in [0.25, 0.3) is 0 Å². The number of rotatable bonds is 5. The van der Waals surface area contributed by atoms with Crippen molar-refractivity contribution >= 4 is 25.7 Å². The molecule has 1 aromatic rings. The van der Waals surface area contributed by atoms with Gasteiger partial charge in [-0.2, -0.15) is 0 Å². The average Bonchev–Trinajstić information content (AvgIpc) is 2.55. The second-order valence-electron chi connectivity index (χ2n) is 5.68. The highest BCUT2D eigenvalue weighted by molar-refractivity contribution is 7.99. The molecule has 0 amide bonds. The highest BCUT2D eigenvalue weighted by Crippen LogP contribution is 2.52. The van der Waals surface area contributed by atoms with Crippen LogP contribution in [0.5, 0.6) is 0 Å². The largest absolute Gasteiger partial charge is 0.463 e. The lowest BCUT2D eigenvalue weighted by Gasteiger charge is -2.44. The van der Waals surface area contributed by atoms with Gasteiger partial charge < -0.3 is 9.47 Å². The lowest BCUT2D eigenvalue weighted by molar-refractivity contribution is -0.172. The molecule has 114 valence electrons. The van der Waals surface area contributed by atoms with E-state index in [1.54, 1.807) is 11.8 Å². The van der Waals surface area contributed by atoms with E-state index < -0.39 is 5.60 Å². The van der Waals surface area contributed by atoms with Gasteiger partial charge in [0, 0.05) is 10.6 Å². The average molecular weight is 324 g/mol. The van der Waals surface area contributed by atoms with Crippen LogP contribution in [-0.4, -0.2) is 42.6 Å². The maximum atomic E-state index is 12.3. The summed E-state index contributed by atoms with van der Waals surface area (Å²) in [4.78, 5) is 13.5. The maximum absolute atomic E-state index is 12.3. The van der Waals surface area contributed by atoms with Crippen molar-refractivity contribution in [1.82, 2.24) is 0 Å². The summed E-state index contributed by atoms with van der Waals surface area (Å²) in [5.41, 5.74) is 0.655. The number of hydrogen-bond donors (Lipinski definition) is 0. The van der Waals surface area contributed by atoms with E-state index in [0.29, 0.717) is 6.61 Å². The number of benzene rings is 1. The Morgan fingerprint density at radius 3 is 2.67 bits per heavy atom. The first-order chi connectivity index (χ1) is 10.2. The Balaban J connectivity index is 1.42. The molecular weight excluding hydrogens is 303 g/mol. The summed E-state index contributed by atoms with van der Waals surface area (Å²) in [5, 5.41) is 0. The van der Waals surface area contributed by atoms with Gasteiger partial charge in [-0.3, -0.25) is 0 Å². The van der Waals surface area contributed by atoms with Gasteiger partial charge >= 0.3 is 5.97 Å². The van der Waals surface area contributed by atoms with Crippen molar-refractivity contribution in [2.45, 2.75) is 30.3 Å². The van der Waals surface area contributed by atoms with Gasteiger partial charge in [0.25, 0.3) is 0 Å². The molecule has 4 rings (SSSR count). The van der Waals surface area contributed by atoms with Gasteiger partial charge in [0.2, 0.25) is 0 Å². The number of esters is 1. The second-order valence-corrected chi connectivity index (χ2v) is 9.35. The summed E-state index contributed by atoms with van der Waals surface area (Å²) in [7, 11) is 0.0567. The highest BCUT2D eigenvalue weighted by Gasteiger charge is 2.48. The van der Waals surface area contributed by atoms with Gasteiger partial charge in [-0.15, -0.1) is 11.8 Å². The lowest BCUT2D eigenvalue weighted by atomic mass is 9.96. The number of ether oxygens (including phenoxy) is 2. The first-order valence-electron chi connectivity index (χ1n) is 7.41. The lowest BCUT2D eigenvalue weighted by Crippen LogP contribution is -2.50. The summed E-state index contributed by atoms with van der Waals surface area (Å²) >= 11 is 1.72. The third kappa shape index (κ3) is 3.61. The van der Waals surface area contributed by atoms with Crippen LogP contribution in [0.3, 0.4) is 0 Å². The zero-order chi connectivity index (χ0) is 14.7. The van der Waals surface area contributed by atoms with Crippen molar-refractivity contribution < 1.29 is 14.3 Å². The van der Waals surface area contributed by atoms with E-state index in [-0.39, 0.29) is 13.9 Å². The van der Waals surface area contributed by atoms with Gasteiger partial charge in [-0.1, -0.05) is 25.6 Å². The number of thioether (sulfide) groups is 1. The van der Waals surface area contributed by atoms with Crippen molar-refractivity contribution in [3.63, 3.8) is 0 Å². The van der Waals surface area contributed by atoms with Gasteiger partial charge in [0.05, 0.1) is 6.35 Å². The van der Waals surface area contributed by atoms with Crippen molar-refractivity contribution in [1.29, 1.82) is 0 Å². The van der Waals surface area contributed by atoms with Crippen LogP contribution in [0.2, 0.25) is 0 Å². The molecule has 0 saturated carbocycles. The third-order valence-corrected chi connectivity index (χ3v) is 7.35. The number of aryl methyl sites for hydroxylation is 1. The van der Waals surface area contributed by atoms with Crippen LogP contribution in [0.1, 0.15) is 18.4 Å². The zero-order valence-electron chi connectivity index (χ0n) is 12.3. The van der Waals surface area contributed by atoms with E-state index in [1.165, 1.54) is 22.8 Å². The smallest absolute Gasteiger partial charge is 0.338 e. The predicted octanol–water partition coefficient (Wildman–Crippen LogP) is 3.63. The minimum Gasteiger partial charge on any atom is -0.463 e. The van der Waals surface area contributed by atoms with Crippen molar-refractivity contribution in [2.75, 3.05) is 31.0 Å². The summed E-state index contributed by atoms with van der Waals surface area (Å²) in [6, 6.07) is 8.41. The van der Waals surface area contributed by atoms with Crippen LogP contribution in [-0.2, 0) is 14.3 Å². The molecule has 3 heterocycles. The van der Waals surface area contributed by atoms with Crippen molar-refractivity contribution in [3.8, 4) is 0 Å². The van der Waals surface area contributed by atoms with Crippen LogP contribution >= 0.6 is 19.7 Å². The fraction of sp³-hybridized carbons (Fsp3) is 0.562. The molecule has 3 nitrogen and oxygen atoms in total. The molecule has 1 aromatic carbocycles. The van der Waals surface area contributed by atoms with Gasteiger partial charge in [0.15, 0.2) is 5.60 Å². The summed E-state index contributed by atoms with van der Waals surface area (Å²) in [5.74, 6) is 0.652. The first kappa shape index (κ1) is 15.3. The fourth-order valence-electron chi connectivity index (χ4n) is 2.73. The van der Waals surface area contributed by atoms with Crippen LogP contribution in [0.4, 0.5) is 0 Å². The quantitative estimate of drug-likeness (QED) is 0.359. The fourth-order valence-corrected chi connectivity index (χ4v) is 5.72. The van der Waals surface area contributed by atoms with E-state index >= 15 is 0 Å². The molecule has 3 saturated heterocycles. The topological polar surface area (TPSA) is 35.5 Å². The Labute approximate surface area is 131 Å². The minimum atomic E-state index is -0.606. The predicted molar refractivity (Wildman–Crippen MR) is 87.4 cm³/mol. The molecule has 3 fully saturated rings. The Hall–Kier alpha value is -0.570. The van der Waals surface area contributed by atoms with Crippen LogP contribution in [0, 0.1) is 6.92 Å². The minimum absolute atomic E-state index is 0.0567. The third-order valence-electron chi connectivity index (χ3n) is 4.17. The Morgan fingerprint density at radius 2 is 2.05 bits per heavy atom. The maximum Gasteiger partial charge on any atom is 0.338 e. The molecule has 0 N–H and O–H groups in total. The van der Waals surface area contributed by atoms with Gasteiger partial charge in [0.1, 0.15) is 6.61 Å². The first-order valence-corrected chi connectivity index (χ1v) is 10.3. The molecule has 5 heteroatoms. The van der Waals surface area contributed by atoms with Gasteiger partial charge in [-0.05, 0) is 44.2 Å². The molecule has 0 unspecified atom stereocenters. The summed E-state index contributed by atoms with van der Waals surface area (Å²) < 4.78 is 11.3. The molecule has 0 spiro atoms. The number of carbonyl (C=O) groups is 1. The van der Waals surface area contributed by atoms with Crippen LogP contribution in [0.15, 0.2) is 29.2 Å². The number of hydrogen-bond acceptors (Lipinski definition) is 4.